The molecule has 0 amide bonds. The Morgan fingerprint density at radius 1 is 0.974 bits per heavy atom. The van der Waals surface area contributed by atoms with E-state index in [1.54, 1.807) is 6.20 Å². The molecule has 2 saturated heterocycles. The van der Waals surface area contributed by atoms with Gasteiger partial charge in [-0.05, 0) is 43.0 Å². The minimum absolute atomic E-state index is 0.00956. The van der Waals surface area contributed by atoms with Crippen LogP contribution in [0.5, 0.6) is 0 Å². The summed E-state index contributed by atoms with van der Waals surface area (Å²) in [5.41, 5.74) is 1.23. The number of hydrogen-bond acceptors (Lipinski definition) is 7. The van der Waals surface area contributed by atoms with E-state index in [0.717, 1.165) is 37.5 Å². The fraction of sp³-hybridized carbons (Fsp3) is 0.407. The Hall–Kier alpha value is -3.64. The molecule has 2 fully saturated rings. The van der Waals surface area contributed by atoms with E-state index in [2.05, 4.69) is 35.5 Å². The number of pyridine rings is 1. The van der Waals surface area contributed by atoms with Crippen molar-refractivity contribution in [2.45, 2.75) is 56.8 Å². The lowest BCUT2D eigenvalue weighted by Gasteiger charge is -2.32. The van der Waals surface area contributed by atoms with Gasteiger partial charge in [0.25, 0.3) is 6.43 Å². The molecule has 3 unspecified atom stereocenters. The summed E-state index contributed by atoms with van der Waals surface area (Å²) in [5, 5.41) is 6.60. The van der Waals surface area contributed by atoms with Crippen LogP contribution in [-0.4, -0.2) is 61.0 Å². The van der Waals surface area contributed by atoms with E-state index in [1.807, 2.05) is 12.1 Å². The summed E-state index contributed by atoms with van der Waals surface area (Å²) >= 11 is 0. The Bertz CT molecular complexity index is 1530. The summed E-state index contributed by atoms with van der Waals surface area (Å²) in [4.78, 5) is 19.4. The molecule has 202 valence electrons. The Balaban J connectivity index is 1.13. The molecule has 0 saturated carbocycles. The molecule has 4 aromatic rings. The van der Waals surface area contributed by atoms with Gasteiger partial charge in [0.15, 0.2) is 11.6 Å². The van der Waals surface area contributed by atoms with E-state index in [1.165, 1.54) is 23.5 Å². The van der Waals surface area contributed by atoms with Crippen LogP contribution in [0.25, 0.3) is 22.3 Å². The van der Waals surface area contributed by atoms with E-state index in [4.69, 9.17) is 0 Å². The van der Waals surface area contributed by atoms with Crippen LogP contribution in [0.3, 0.4) is 0 Å². The van der Waals surface area contributed by atoms with Gasteiger partial charge < -0.3 is 15.2 Å². The van der Waals surface area contributed by atoms with Gasteiger partial charge in [-0.15, -0.1) is 0 Å². The number of anilines is 2. The van der Waals surface area contributed by atoms with Crippen molar-refractivity contribution >= 4 is 22.8 Å². The highest BCUT2D eigenvalue weighted by atomic mass is 19.3. The highest BCUT2D eigenvalue weighted by molar-refractivity contribution is 5.83. The second-order valence-corrected chi connectivity index (χ2v) is 10.6. The lowest BCUT2D eigenvalue weighted by Crippen LogP contribution is -2.50. The van der Waals surface area contributed by atoms with Gasteiger partial charge in [-0.25, -0.2) is 37.5 Å². The van der Waals surface area contributed by atoms with E-state index >= 15 is 0 Å². The smallest absolute Gasteiger partial charge is 0.259 e. The second kappa shape index (κ2) is 9.53. The molecule has 2 bridgehead atoms. The minimum atomic E-state index is -2.62. The number of benzene rings is 1. The molecule has 7 rings (SSSR count). The quantitative estimate of drug-likeness (QED) is 0.347. The molecule has 3 aliphatic heterocycles. The Labute approximate surface area is 221 Å². The third-order valence-electron chi connectivity index (χ3n) is 7.89. The number of nitrogens with zero attached hydrogens (tertiary/aromatic N) is 6. The maximum atomic E-state index is 15.0. The van der Waals surface area contributed by atoms with Crippen LogP contribution in [-0.2, 0) is 13.0 Å². The Morgan fingerprint density at radius 2 is 1.79 bits per heavy atom. The van der Waals surface area contributed by atoms with E-state index in [-0.39, 0.29) is 34.7 Å². The first-order valence-corrected chi connectivity index (χ1v) is 13.1. The molecule has 0 aliphatic carbocycles. The number of rotatable bonds is 6. The Kier molecular flexibility index (Phi) is 5.96. The van der Waals surface area contributed by atoms with Gasteiger partial charge in [-0.2, -0.15) is 0 Å². The first-order valence-electron chi connectivity index (χ1n) is 13.1. The predicted molar refractivity (Wildman–Crippen MR) is 137 cm³/mol. The number of alkyl halides is 2. The van der Waals surface area contributed by atoms with Crippen LogP contribution >= 0.6 is 0 Å². The van der Waals surface area contributed by atoms with Crippen molar-refractivity contribution in [1.29, 1.82) is 0 Å². The summed E-state index contributed by atoms with van der Waals surface area (Å²) in [5.74, 6) is -0.531. The number of likely N-dealkylation sites (tertiary alicyclic amines) is 1. The van der Waals surface area contributed by atoms with E-state index < -0.39 is 24.1 Å². The summed E-state index contributed by atoms with van der Waals surface area (Å²) < 4.78 is 58.4. The molecule has 12 heteroatoms. The molecular formula is C27H26F4N8. The molecule has 8 nitrogen and oxygen atoms in total. The third-order valence-corrected chi connectivity index (χ3v) is 7.89. The maximum Gasteiger partial charge on any atom is 0.259 e. The predicted octanol–water partition coefficient (Wildman–Crippen LogP) is 4.60. The van der Waals surface area contributed by atoms with E-state index in [9.17, 15) is 17.6 Å². The number of nitrogens with one attached hydrogen (secondary N) is 2. The van der Waals surface area contributed by atoms with Crippen LogP contribution in [0.15, 0.2) is 36.7 Å². The number of aryl methyl sites for hydroxylation is 1. The highest BCUT2D eigenvalue weighted by Gasteiger charge is 2.34. The average Bonchev–Trinajstić information content (AvgIpc) is 3.60. The van der Waals surface area contributed by atoms with Crippen molar-refractivity contribution in [3.8, 4) is 11.3 Å². The third kappa shape index (κ3) is 4.51. The lowest BCUT2D eigenvalue weighted by molar-refractivity contribution is 0.0883. The monoisotopic (exact) mass is 538 g/mol. The van der Waals surface area contributed by atoms with Crippen molar-refractivity contribution in [3.05, 3.63) is 59.7 Å². The summed E-state index contributed by atoms with van der Waals surface area (Å²) in [6, 6.07) is 6.40. The van der Waals surface area contributed by atoms with Gasteiger partial charge in [-0.3, -0.25) is 4.90 Å². The molecule has 0 spiro atoms. The number of piperazine rings is 1. The number of imidazole rings is 1. The van der Waals surface area contributed by atoms with Gasteiger partial charge in [0, 0.05) is 49.9 Å². The molecule has 3 atom stereocenters. The first kappa shape index (κ1) is 24.4. The SMILES string of the molecule is Fc1cnc(Nc2ccc(CN3CC4CCC(C3)N4)cn2)nc1-c1cc(F)c2nc3n(c2c1)C(C(F)F)CC3. The molecule has 6 heterocycles. The highest BCUT2D eigenvalue weighted by Crippen LogP contribution is 2.37. The van der Waals surface area contributed by atoms with Crippen LogP contribution < -0.4 is 10.6 Å². The van der Waals surface area contributed by atoms with Gasteiger partial charge in [0.1, 0.15) is 22.9 Å². The van der Waals surface area contributed by atoms with Crippen molar-refractivity contribution in [1.82, 2.24) is 34.7 Å². The van der Waals surface area contributed by atoms with Crippen LogP contribution in [0, 0.1) is 11.6 Å². The zero-order valence-corrected chi connectivity index (χ0v) is 20.9. The summed E-state index contributed by atoms with van der Waals surface area (Å²) in [6.45, 7) is 2.87. The van der Waals surface area contributed by atoms with Gasteiger partial charge in [0.05, 0.1) is 17.8 Å². The van der Waals surface area contributed by atoms with Gasteiger partial charge in [-0.1, -0.05) is 6.07 Å². The van der Waals surface area contributed by atoms with Gasteiger partial charge >= 0.3 is 0 Å². The summed E-state index contributed by atoms with van der Waals surface area (Å²) in [6.07, 6.45) is 3.17. The number of aromatic nitrogens is 5. The number of fused-ring (bicyclic) bond motifs is 5. The van der Waals surface area contributed by atoms with Crippen LogP contribution in [0.4, 0.5) is 29.3 Å². The molecule has 2 N–H and O–H groups in total. The largest absolute Gasteiger partial charge is 0.319 e. The fourth-order valence-electron chi connectivity index (χ4n) is 6.14. The molecule has 3 aromatic heterocycles. The lowest BCUT2D eigenvalue weighted by atomic mass is 10.1. The van der Waals surface area contributed by atoms with Crippen molar-refractivity contribution in [2.24, 2.45) is 0 Å². The first-order chi connectivity index (χ1) is 18.9. The number of hydrogen-bond donors (Lipinski definition) is 2. The van der Waals surface area contributed by atoms with Crippen molar-refractivity contribution < 1.29 is 17.6 Å². The zero-order valence-electron chi connectivity index (χ0n) is 20.9. The van der Waals surface area contributed by atoms with E-state index in [0.29, 0.717) is 30.1 Å². The maximum absolute atomic E-state index is 15.0. The molecule has 3 aliphatic rings. The minimum Gasteiger partial charge on any atom is -0.319 e. The van der Waals surface area contributed by atoms with Crippen LogP contribution in [0.1, 0.15) is 36.7 Å². The van der Waals surface area contributed by atoms with Crippen molar-refractivity contribution in [3.63, 3.8) is 0 Å². The fourth-order valence-corrected chi connectivity index (χ4v) is 6.14. The summed E-state index contributed by atoms with van der Waals surface area (Å²) in [7, 11) is 0. The molecule has 39 heavy (non-hydrogen) atoms. The topological polar surface area (TPSA) is 83.8 Å². The second-order valence-electron chi connectivity index (χ2n) is 10.6. The average molecular weight is 539 g/mol. The molecular weight excluding hydrogens is 512 g/mol. The Morgan fingerprint density at radius 3 is 2.54 bits per heavy atom. The van der Waals surface area contributed by atoms with Gasteiger partial charge in [0.2, 0.25) is 5.95 Å². The standard InChI is InChI=1S/C27H26F4N8/c28-18-7-15(8-21-25(18)36-23-6-4-20(26(30)31)39(21)23)24-19(29)10-33-27(37-24)35-22-5-1-14(9-32-22)11-38-12-16-2-3-17(13-38)34-16/h1,5,7-10,16-17,20,26,34H,2-4,6,11-13H2,(H,32,33,35,37). The van der Waals surface area contributed by atoms with Crippen LogP contribution in [0.2, 0.25) is 0 Å². The number of halogens is 4. The van der Waals surface area contributed by atoms with Crippen molar-refractivity contribution in [2.75, 3.05) is 18.4 Å². The normalized spacial score (nSPS) is 22.6. The molecule has 0 radical (unpaired) electrons. The zero-order chi connectivity index (χ0) is 26.7. The molecule has 1 aromatic carbocycles.